The summed E-state index contributed by atoms with van der Waals surface area (Å²) in [5, 5.41) is 3.07. The standard InChI is InChI=1S/C19H21NO3S/c1-12-4-7-16-14(10-12)5-8-17(16)20-19(21)15-6-9-18(13(2)11-15)24(3,22)23/h4,6-7,9-11,17H,5,8H2,1-3H3,(H,20,21)/t17-/m1/s1. The Morgan fingerprint density at radius 1 is 1.12 bits per heavy atom. The molecule has 5 heteroatoms. The summed E-state index contributed by atoms with van der Waals surface area (Å²) in [6.07, 6.45) is 3.03. The molecule has 0 saturated heterocycles. The van der Waals surface area contributed by atoms with Gasteiger partial charge in [0, 0.05) is 11.8 Å². The lowest BCUT2D eigenvalue weighted by Gasteiger charge is -2.15. The first kappa shape index (κ1) is 16.7. The maximum absolute atomic E-state index is 12.5. The van der Waals surface area contributed by atoms with Crippen molar-refractivity contribution >= 4 is 15.7 Å². The van der Waals surface area contributed by atoms with E-state index in [0.29, 0.717) is 11.1 Å². The molecule has 0 fully saturated rings. The molecule has 2 aromatic carbocycles. The van der Waals surface area contributed by atoms with Crippen molar-refractivity contribution in [2.45, 2.75) is 37.6 Å². The van der Waals surface area contributed by atoms with Gasteiger partial charge >= 0.3 is 0 Å². The number of aryl methyl sites for hydroxylation is 3. The Labute approximate surface area is 142 Å². The van der Waals surface area contributed by atoms with Gasteiger partial charge in [-0.3, -0.25) is 4.79 Å². The van der Waals surface area contributed by atoms with E-state index in [1.807, 2.05) is 0 Å². The summed E-state index contributed by atoms with van der Waals surface area (Å²) in [5.41, 5.74) is 4.78. The second-order valence-electron chi connectivity index (χ2n) is 6.52. The van der Waals surface area contributed by atoms with Crippen LogP contribution in [0.15, 0.2) is 41.3 Å². The SMILES string of the molecule is Cc1ccc2c(c1)CC[C@H]2NC(=O)c1ccc(S(C)(=O)=O)c(C)c1. The van der Waals surface area contributed by atoms with Gasteiger partial charge < -0.3 is 5.32 Å². The van der Waals surface area contributed by atoms with Crippen LogP contribution in [-0.4, -0.2) is 20.6 Å². The minimum absolute atomic E-state index is 0.0167. The smallest absolute Gasteiger partial charge is 0.251 e. The summed E-state index contributed by atoms with van der Waals surface area (Å²) in [4.78, 5) is 12.8. The second-order valence-corrected chi connectivity index (χ2v) is 8.50. The number of rotatable bonds is 3. The maximum atomic E-state index is 12.5. The van der Waals surface area contributed by atoms with E-state index in [2.05, 4.69) is 30.4 Å². The topological polar surface area (TPSA) is 63.2 Å². The zero-order valence-corrected chi connectivity index (χ0v) is 14.9. The van der Waals surface area contributed by atoms with Crippen LogP contribution in [0.3, 0.4) is 0 Å². The lowest BCUT2D eigenvalue weighted by atomic mass is 10.0. The number of sulfone groups is 1. The van der Waals surface area contributed by atoms with E-state index in [4.69, 9.17) is 0 Å². The third-order valence-electron chi connectivity index (χ3n) is 4.52. The molecule has 0 heterocycles. The molecule has 1 aliphatic carbocycles. The number of nitrogens with one attached hydrogen (secondary N) is 1. The number of benzene rings is 2. The highest BCUT2D eigenvalue weighted by molar-refractivity contribution is 7.90. The fourth-order valence-electron chi connectivity index (χ4n) is 3.34. The van der Waals surface area contributed by atoms with E-state index in [1.54, 1.807) is 19.1 Å². The summed E-state index contributed by atoms with van der Waals surface area (Å²) < 4.78 is 23.4. The van der Waals surface area contributed by atoms with Crippen LogP contribution < -0.4 is 5.32 Å². The van der Waals surface area contributed by atoms with Crippen LogP contribution in [0.1, 0.15) is 45.1 Å². The number of fused-ring (bicyclic) bond motifs is 1. The predicted octanol–water partition coefficient (Wildman–Crippen LogP) is 3.12. The quantitative estimate of drug-likeness (QED) is 0.931. The molecule has 0 saturated carbocycles. The number of carbonyl (C=O) groups excluding carboxylic acids is 1. The molecule has 1 atom stereocenters. The van der Waals surface area contributed by atoms with Crippen LogP contribution >= 0.6 is 0 Å². The van der Waals surface area contributed by atoms with Crippen molar-refractivity contribution in [3.05, 3.63) is 64.2 Å². The molecule has 24 heavy (non-hydrogen) atoms. The molecule has 0 unspecified atom stereocenters. The summed E-state index contributed by atoms with van der Waals surface area (Å²) in [6.45, 7) is 3.78. The van der Waals surface area contributed by atoms with Crippen LogP contribution in [0.5, 0.6) is 0 Å². The highest BCUT2D eigenvalue weighted by Gasteiger charge is 2.24. The van der Waals surface area contributed by atoms with Crippen molar-refractivity contribution < 1.29 is 13.2 Å². The highest BCUT2D eigenvalue weighted by atomic mass is 32.2. The molecular weight excluding hydrogens is 322 g/mol. The molecule has 4 nitrogen and oxygen atoms in total. The predicted molar refractivity (Wildman–Crippen MR) is 94.0 cm³/mol. The van der Waals surface area contributed by atoms with Gasteiger partial charge in [-0.2, -0.15) is 0 Å². The Kier molecular flexibility index (Phi) is 4.22. The molecule has 0 aromatic heterocycles. The van der Waals surface area contributed by atoms with Crippen LogP contribution in [0.4, 0.5) is 0 Å². The molecule has 1 amide bonds. The summed E-state index contributed by atoms with van der Waals surface area (Å²) in [5.74, 6) is -0.170. The molecule has 0 spiro atoms. The van der Waals surface area contributed by atoms with Gasteiger partial charge in [0.1, 0.15) is 0 Å². The molecule has 126 valence electrons. The lowest BCUT2D eigenvalue weighted by Crippen LogP contribution is -2.27. The molecule has 2 aromatic rings. The lowest BCUT2D eigenvalue weighted by molar-refractivity contribution is 0.0936. The monoisotopic (exact) mass is 343 g/mol. The Hall–Kier alpha value is -2.14. The number of amides is 1. The first-order valence-corrected chi connectivity index (χ1v) is 9.86. The third-order valence-corrected chi connectivity index (χ3v) is 5.78. The van der Waals surface area contributed by atoms with Crippen LogP contribution in [0, 0.1) is 13.8 Å². The van der Waals surface area contributed by atoms with Crippen molar-refractivity contribution in [3.8, 4) is 0 Å². The second kappa shape index (κ2) is 6.06. The van der Waals surface area contributed by atoms with Gasteiger partial charge in [-0.1, -0.05) is 23.8 Å². The average Bonchev–Trinajstić information content (AvgIpc) is 2.87. The molecule has 3 rings (SSSR count). The van der Waals surface area contributed by atoms with Crippen LogP contribution in [0.25, 0.3) is 0 Å². The minimum Gasteiger partial charge on any atom is -0.345 e. The summed E-state index contributed by atoms with van der Waals surface area (Å²) in [7, 11) is -3.27. The third kappa shape index (κ3) is 3.22. The summed E-state index contributed by atoms with van der Waals surface area (Å²) in [6, 6.07) is 11.1. The van der Waals surface area contributed by atoms with Gasteiger partial charge in [-0.15, -0.1) is 0 Å². The van der Waals surface area contributed by atoms with E-state index in [1.165, 1.54) is 29.0 Å². The van der Waals surface area contributed by atoms with E-state index in [-0.39, 0.29) is 16.8 Å². The Bertz CT molecular complexity index is 916. The van der Waals surface area contributed by atoms with Crippen molar-refractivity contribution in [3.63, 3.8) is 0 Å². The number of carbonyl (C=O) groups is 1. The van der Waals surface area contributed by atoms with E-state index in [0.717, 1.165) is 12.8 Å². The maximum Gasteiger partial charge on any atom is 0.251 e. The first-order valence-electron chi connectivity index (χ1n) is 7.97. The average molecular weight is 343 g/mol. The molecule has 1 N–H and O–H groups in total. The van der Waals surface area contributed by atoms with Crippen LogP contribution in [0.2, 0.25) is 0 Å². The highest BCUT2D eigenvalue weighted by Crippen LogP contribution is 2.32. The molecule has 1 aliphatic rings. The fraction of sp³-hybridized carbons (Fsp3) is 0.316. The van der Waals surface area contributed by atoms with Gasteiger partial charge in [-0.05, 0) is 61.6 Å². The fourth-order valence-corrected chi connectivity index (χ4v) is 4.30. The Morgan fingerprint density at radius 2 is 1.88 bits per heavy atom. The zero-order valence-electron chi connectivity index (χ0n) is 14.1. The summed E-state index contributed by atoms with van der Waals surface area (Å²) >= 11 is 0. The molecule has 0 aliphatic heterocycles. The minimum atomic E-state index is -3.27. The van der Waals surface area contributed by atoms with E-state index in [9.17, 15) is 13.2 Å². The van der Waals surface area contributed by atoms with Crippen molar-refractivity contribution in [2.24, 2.45) is 0 Å². The Balaban J connectivity index is 1.81. The van der Waals surface area contributed by atoms with E-state index < -0.39 is 9.84 Å². The van der Waals surface area contributed by atoms with Gasteiger partial charge in [0.15, 0.2) is 9.84 Å². The van der Waals surface area contributed by atoms with Crippen molar-refractivity contribution in [1.29, 1.82) is 0 Å². The van der Waals surface area contributed by atoms with E-state index >= 15 is 0 Å². The van der Waals surface area contributed by atoms with Crippen molar-refractivity contribution in [1.82, 2.24) is 5.32 Å². The van der Waals surface area contributed by atoms with Crippen LogP contribution in [-0.2, 0) is 16.3 Å². The largest absolute Gasteiger partial charge is 0.345 e. The number of hydrogen-bond acceptors (Lipinski definition) is 3. The number of hydrogen-bond donors (Lipinski definition) is 1. The van der Waals surface area contributed by atoms with Gasteiger partial charge in [-0.25, -0.2) is 8.42 Å². The van der Waals surface area contributed by atoms with Gasteiger partial charge in [0.05, 0.1) is 10.9 Å². The van der Waals surface area contributed by atoms with Crippen molar-refractivity contribution in [2.75, 3.05) is 6.26 Å². The van der Waals surface area contributed by atoms with Gasteiger partial charge in [0.2, 0.25) is 0 Å². The molecular formula is C19H21NO3S. The normalized spacial score (nSPS) is 16.7. The van der Waals surface area contributed by atoms with Gasteiger partial charge in [0.25, 0.3) is 5.91 Å². The Morgan fingerprint density at radius 3 is 2.54 bits per heavy atom. The zero-order chi connectivity index (χ0) is 17.5. The molecule has 0 bridgehead atoms. The molecule has 0 radical (unpaired) electrons. The first-order chi connectivity index (χ1) is 11.3.